The van der Waals surface area contributed by atoms with Crippen LogP contribution in [0.25, 0.3) is 0 Å². The van der Waals surface area contributed by atoms with Gasteiger partial charge < -0.3 is 25.8 Å². The zero-order valence-corrected chi connectivity index (χ0v) is 11.6. The van der Waals surface area contributed by atoms with E-state index < -0.39 is 6.03 Å². The number of nitrogens with two attached hydrogens (primary N) is 1. The minimum Gasteiger partial charge on any atom is -0.394 e. The predicted octanol–water partition coefficient (Wildman–Crippen LogP) is -0.312. The summed E-state index contributed by atoms with van der Waals surface area (Å²) >= 11 is 0. The Bertz CT molecular complexity index is 503. The maximum Gasteiger partial charge on any atom is 0.312 e. The number of aliphatic hydroxyl groups excluding tert-OH is 1. The molecule has 21 heavy (non-hydrogen) atoms. The second-order valence-electron chi connectivity index (χ2n) is 4.82. The van der Waals surface area contributed by atoms with E-state index in [0.29, 0.717) is 31.9 Å². The van der Waals surface area contributed by atoms with E-state index in [1.165, 1.54) is 0 Å². The molecule has 0 aliphatic carbocycles. The number of morpholine rings is 1. The normalized spacial score (nSPS) is 18.3. The van der Waals surface area contributed by atoms with Crippen LogP contribution in [0.2, 0.25) is 0 Å². The van der Waals surface area contributed by atoms with Gasteiger partial charge in [-0.25, -0.2) is 4.79 Å². The molecule has 2 rings (SSSR count). The molecule has 0 radical (unpaired) electrons. The summed E-state index contributed by atoms with van der Waals surface area (Å²) < 4.78 is 5.26. The van der Waals surface area contributed by atoms with Crippen LogP contribution < -0.4 is 11.1 Å². The third kappa shape index (κ3) is 3.93. The summed E-state index contributed by atoms with van der Waals surface area (Å²) in [6, 6.07) is 6.03. The quantitative estimate of drug-likeness (QED) is 0.708. The van der Waals surface area contributed by atoms with Gasteiger partial charge in [0.15, 0.2) is 0 Å². The predicted molar refractivity (Wildman–Crippen MR) is 75.6 cm³/mol. The first-order valence-corrected chi connectivity index (χ1v) is 6.73. The highest BCUT2D eigenvalue weighted by atomic mass is 16.5. The van der Waals surface area contributed by atoms with Crippen molar-refractivity contribution in [2.75, 3.05) is 26.4 Å². The number of urea groups is 1. The van der Waals surface area contributed by atoms with Crippen LogP contribution in [-0.2, 0) is 11.3 Å². The number of benzene rings is 1. The topological polar surface area (TPSA) is 105 Å². The number of carbonyl (C=O) groups is 2. The van der Waals surface area contributed by atoms with Crippen LogP contribution in [0.3, 0.4) is 0 Å². The molecule has 3 amide bonds. The maximum absolute atomic E-state index is 12.4. The second-order valence-corrected chi connectivity index (χ2v) is 4.82. The van der Waals surface area contributed by atoms with Crippen LogP contribution in [0.5, 0.6) is 0 Å². The zero-order chi connectivity index (χ0) is 15.2. The lowest BCUT2D eigenvalue weighted by Crippen LogP contribution is -2.50. The third-order valence-electron chi connectivity index (χ3n) is 3.37. The number of rotatable bonds is 4. The highest BCUT2D eigenvalue weighted by Crippen LogP contribution is 2.13. The number of hydrogen-bond donors (Lipinski definition) is 3. The molecule has 1 aliphatic rings. The fourth-order valence-electron chi connectivity index (χ4n) is 2.19. The number of amides is 3. The van der Waals surface area contributed by atoms with Crippen molar-refractivity contribution >= 4 is 11.9 Å². The molecule has 0 spiro atoms. The fourth-order valence-corrected chi connectivity index (χ4v) is 2.19. The summed E-state index contributed by atoms with van der Waals surface area (Å²) in [5.41, 5.74) is 6.39. The van der Waals surface area contributed by atoms with Gasteiger partial charge in [-0.3, -0.25) is 4.79 Å². The van der Waals surface area contributed by atoms with Gasteiger partial charge in [-0.05, 0) is 17.7 Å². The Hall–Kier alpha value is -2.12. The van der Waals surface area contributed by atoms with Gasteiger partial charge in [0.25, 0.3) is 5.91 Å². The molecule has 7 nitrogen and oxygen atoms in total. The standard InChI is InChI=1S/C14H19N3O4/c15-14(20)16-7-10-1-3-11(4-2-10)13(19)17-5-6-21-9-12(17)8-18/h1-4,12,18H,5-9H2,(H3,15,16,20). The fraction of sp³-hybridized carbons (Fsp3) is 0.429. The Labute approximate surface area is 122 Å². The average Bonchev–Trinajstić information content (AvgIpc) is 2.52. The van der Waals surface area contributed by atoms with Gasteiger partial charge in [0, 0.05) is 18.7 Å². The van der Waals surface area contributed by atoms with Crippen molar-refractivity contribution in [3.05, 3.63) is 35.4 Å². The van der Waals surface area contributed by atoms with Crippen molar-refractivity contribution in [2.45, 2.75) is 12.6 Å². The van der Waals surface area contributed by atoms with E-state index in [4.69, 9.17) is 10.5 Å². The number of nitrogens with one attached hydrogen (secondary N) is 1. The van der Waals surface area contributed by atoms with Crippen LogP contribution in [0.1, 0.15) is 15.9 Å². The Morgan fingerprint density at radius 3 is 2.71 bits per heavy atom. The number of hydrogen-bond acceptors (Lipinski definition) is 4. The number of aliphatic hydroxyl groups is 1. The molecule has 1 aromatic carbocycles. The van der Waals surface area contributed by atoms with E-state index in [1.54, 1.807) is 29.2 Å². The lowest BCUT2D eigenvalue weighted by atomic mass is 10.1. The summed E-state index contributed by atoms with van der Waals surface area (Å²) in [4.78, 5) is 24.7. The lowest BCUT2D eigenvalue weighted by molar-refractivity contribution is -0.0183. The summed E-state index contributed by atoms with van der Waals surface area (Å²) in [7, 11) is 0. The first kappa shape index (κ1) is 15.3. The number of primary amides is 1. The molecule has 1 atom stereocenters. The lowest BCUT2D eigenvalue weighted by Gasteiger charge is -2.34. The molecule has 1 aliphatic heterocycles. The van der Waals surface area contributed by atoms with Crippen LogP contribution in [-0.4, -0.2) is 54.4 Å². The maximum atomic E-state index is 12.4. The van der Waals surface area contributed by atoms with Crippen LogP contribution in [0.15, 0.2) is 24.3 Å². The van der Waals surface area contributed by atoms with E-state index in [9.17, 15) is 14.7 Å². The smallest absolute Gasteiger partial charge is 0.312 e. The Morgan fingerprint density at radius 1 is 1.38 bits per heavy atom. The van der Waals surface area contributed by atoms with Gasteiger partial charge >= 0.3 is 6.03 Å². The SMILES string of the molecule is NC(=O)NCc1ccc(C(=O)N2CCOCC2CO)cc1. The Morgan fingerprint density at radius 2 is 2.10 bits per heavy atom. The van der Waals surface area contributed by atoms with Gasteiger partial charge in [0.1, 0.15) is 0 Å². The van der Waals surface area contributed by atoms with Gasteiger partial charge in [0.2, 0.25) is 0 Å². The van der Waals surface area contributed by atoms with Gasteiger partial charge in [-0.15, -0.1) is 0 Å². The third-order valence-corrected chi connectivity index (χ3v) is 3.37. The molecule has 1 heterocycles. The van der Waals surface area contributed by atoms with Crippen molar-refractivity contribution in [3.8, 4) is 0 Å². The van der Waals surface area contributed by atoms with Crippen LogP contribution in [0.4, 0.5) is 4.79 Å². The Balaban J connectivity index is 2.03. The molecular weight excluding hydrogens is 274 g/mol. The van der Waals surface area contributed by atoms with E-state index in [-0.39, 0.29) is 18.6 Å². The van der Waals surface area contributed by atoms with Crippen LogP contribution >= 0.6 is 0 Å². The molecule has 1 saturated heterocycles. The van der Waals surface area contributed by atoms with Gasteiger partial charge in [0.05, 0.1) is 25.9 Å². The molecule has 1 unspecified atom stereocenters. The molecule has 114 valence electrons. The molecule has 1 fully saturated rings. The highest BCUT2D eigenvalue weighted by Gasteiger charge is 2.27. The minimum atomic E-state index is -0.589. The van der Waals surface area contributed by atoms with Crippen molar-refractivity contribution in [1.82, 2.24) is 10.2 Å². The molecule has 0 bridgehead atoms. The summed E-state index contributed by atoms with van der Waals surface area (Å²) in [6.07, 6.45) is 0. The van der Waals surface area contributed by atoms with E-state index >= 15 is 0 Å². The summed E-state index contributed by atoms with van der Waals surface area (Å²) in [5.74, 6) is -0.133. The molecule has 7 heteroatoms. The number of carbonyl (C=O) groups excluding carboxylic acids is 2. The zero-order valence-electron chi connectivity index (χ0n) is 11.6. The van der Waals surface area contributed by atoms with Crippen molar-refractivity contribution < 1.29 is 19.4 Å². The van der Waals surface area contributed by atoms with E-state index in [0.717, 1.165) is 5.56 Å². The first-order valence-electron chi connectivity index (χ1n) is 6.73. The number of ether oxygens (including phenoxy) is 1. The number of nitrogens with zero attached hydrogens (tertiary/aromatic N) is 1. The molecule has 0 aromatic heterocycles. The molecule has 1 aromatic rings. The molecule has 0 saturated carbocycles. The van der Waals surface area contributed by atoms with Crippen LogP contribution in [0, 0.1) is 0 Å². The second kappa shape index (κ2) is 7.05. The van der Waals surface area contributed by atoms with E-state index in [1.807, 2.05) is 0 Å². The van der Waals surface area contributed by atoms with Crippen molar-refractivity contribution in [3.63, 3.8) is 0 Å². The highest BCUT2D eigenvalue weighted by molar-refractivity contribution is 5.94. The Kier molecular flexibility index (Phi) is 5.13. The summed E-state index contributed by atoms with van der Waals surface area (Å²) in [5, 5.41) is 11.8. The minimum absolute atomic E-state index is 0.119. The van der Waals surface area contributed by atoms with Crippen molar-refractivity contribution in [2.24, 2.45) is 5.73 Å². The molecule has 4 N–H and O–H groups in total. The monoisotopic (exact) mass is 293 g/mol. The largest absolute Gasteiger partial charge is 0.394 e. The molecular formula is C14H19N3O4. The van der Waals surface area contributed by atoms with Gasteiger partial charge in [-0.2, -0.15) is 0 Å². The first-order chi connectivity index (χ1) is 10.1. The van der Waals surface area contributed by atoms with Gasteiger partial charge in [-0.1, -0.05) is 12.1 Å². The van der Waals surface area contributed by atoms with Crippen molar-refractivity contribution in [1.29, 1.82) is 0 Å². The summed E-state index contributed by atoms with van der Waals surface area (Å²) in [6.45, 7) is 1.49. The average molecular weight is 293 g/mol. The van der Waals surface area contributed by atoms with E-state index in [2.05, 4.69) is 5.32 Å².